The first-order valence-electron chi connectivity index (χ1n) is 5.18. The first-order valence-corrected chi connectivity index (χ1v) is 5.81. The van der Waals surface area contributed by atoms with Crippen LogP contribution in [-0.4, -0.2) is 18.8 Å². The summed E-state index contributed by atoms with van der Waals surface area (Å²) in [4.78, 5) is 11.5. The van der Waals surface area contributed by atoms with Gasteiger partial charge in [0.15, 0.2) is 0 Å². The minimum Gasteiger partial charge on any atom is -0.465 e. The number of anilines is 1. The van der Waals surface area contributed by atoms with Gasteiger partial charge in [-0.3, -0.25) is 0 Å². The fourth-order valence-electron chi connectivity index (χ4n) is 1.35. The van der Waals surface area contributed by atoms with Crippen LogP contribution in [0.4, 0.5) is 5.69 Å². The van der Waals surface area contributed by atoms with E-state index in [1.807, 2.05) is 0 Å². The van der Waals surface area contributed by atoms with Gasteiger partial charge in [0.25, 0.3) is 0 Å². The molecule has 0 spiro atoms. The molecule has 1 rings (SSSR count). The van der Waals surface area contributed by atoms with Crippen molar-refractivity contribution in [1.29, 1.82) is 0 Å². The average molecular weight is 249 g/mol. The van der Waals surface area contributed by atoms with Gasteiger partial charge in [-0.05, 0) is 24.6 Å². The Bertz CT molecular complexity index is 486. The highest BCUT2D eigenvalue weighted by atomic mass is 32.1. The Labute approximate surface area is 107 Å². The maximum Gasteiger partial charge on any atom is 0.338 e. The second kappa shape index (κ2) is 6.21. The molecule has 0 aliphatic heterocycles. The first-order chi connectivity index (χ1) is 8.10. The lowest BCUT2D eigenvalue weighted by Crippen LogP contribution is -2.06. The van der Waals surface area contributed by atoms with Gasteiger partial charge >= 0.3 is 5.97 Å². The zero-order valence-corrected chi connectivity index (χ0v) is 10.8. The smallest absolute Gasteiger partial charge is 0.338 e. The lowest BCUT2D eigenvalue weighted by Gasteiger charge is -2.07. The van der Waals surface area contributed by atoms with Crippen LogP contribution in [0.1, 0.15) is 27.9 Å². The minimum atomic E-state index is -0.396. The van der Waals surface area contributed by atoms with Crippen LogP contribution in [0.5, 0.6) is 0 Å². The number of hydrogen-bond donors (Lipinski definition) is 2. The van der Waals surface area contributed by atoms with Gasteiger partial charge in [-0.2, -0.15) is 12.6 Å². The standard InChI is InChI=1S/C13H15NO2S/c1-9-11(13(15)16-2)7-10(8-12(9)14)5-3-4-6-17/h7-8,17H,4,6,14H2,1-2H3. The molecule has 4 heteroatoms. The van der Waals surface area contributed by atoms with Crippen molar-refractivity contribution < 1.29 is 9.53 Å². The van der Waals surface area contributed by atoms with Crippen LogP contribution in [0, 0.1) is 18.8 Å². The molecule has 0 atom stereocenters. The molecule has 90 valence electrons. The van der Waals surface area contributed by atoms with Gasteiger partial charge < -0.3 is 10.5 Å². The monoisotopic (exact) mass is 249 g/mol. The van der Waals surface area contributed by atoms with Gasteiger partial charge in [0, 0.05) is 23.4 Å². The summed E-state index contributed by atoms with van der Waals surface area (Å²) in [7, 11) is 1.34. The number of esters is 1. The summed E-state index contributed by atoms with van der Waals surface area (Å²) in [5.41, 5.74) is 8.27. The van der Waals surface area contributed by atoms with Crippen LogP contribution in [-0.2, 0) is 4.74 Å². The highest BCUT2D eigenvalue weighted by molar-refractivity contribution is 7.80. The molecule has 1 aromatic rings. The van der Waals surface area contributed by atoms with E-state index in [1.54, 1.807) is 19.1 Å². The quantitative estimate of drug-likeness (QED) is 0.365. The van der Waals surface area contributed by atoms with Crippen LogP contribution in [0.15, 0.2) is 12.1 Å². The molecule has 17 heavy (non-hydrogen) atoms. The number of rotatable bonds is 2. The number of ether oxygens (including phenoxy) is 1. The molecule has 0 fully saturated rings. The van der Waals surface area contributed by atoms with E-state index in [1.165, 1.54) is 7.11 Å². The number of nitrogen functional groups attached to an aromatic ring is 1. The molecule has 1 aromatic carbocycles. The van der Waals surface area contributed by atoms with Crippen molar-refractivity contribution in [3.63, 3.8) is 0 Å². The predicted molar refractivity (Wildman–Crippen MR) is 72.3 cm³/mol. The van der Waals surface area contributed by atoms with Crippen LogP contribution in [0.2, 0.25) is 0 Å². The summed E-state index contributed by atoms with van der Waals surface area (Å²) in [6, 6.07) is 3.45. The van der Waals surface area contributed by atoms with E-state index in [9.17, 15) is 4.79 Å². The summed E-state index contributed by atoms with van der Waals surface area (Å²) in [5.74, 6) is 6.20. The predicted octanol–water partition coefficient (Wildman–Crippen LogP) is 2.04. The molecule has 0 saturated carbocycles. The van der Waals surface area contributed by atoms with Gasteiger partial charge in [-0.15, -0.1) is 0 Å². The molecule has 0 amide bonds. The molecular formula is C13H15NO2S. The third kappa shape index (κ3) is 3.43. The molecule has 0 aliphatic carbocycles. The number of carbonyl (C=O) groups excluding carboxylic acids is 1. The maximum atomic E-state index is 11.5. The summed E-state index contributed by atoms with van der Waals surface area (Å²) < 4.78 is 4.70. The van der Waals surface area contributed by atoms with Crippen LogP contribution >= 0.6 is 12.6 Å². The Hall–Kier alpha value is -1.60. The molecule has 3 nitrogen and oxygen atoms in total. The summed E-state index contributed by atoms with van der Waals surface area (Å²) >= 11 is 4.07. The second-order valence-electron chi connectivity index (χ2n) is 3.50. The minimum absolute atomic E-state index is 0.396. The molecule has 0 heterocycles. The summed E-state index contributed by atoms with van der Waals surface area (Å²) in [6.45, 7) is 1.78. The molecule has 0 bridgehead atoms. The lowest BCUT2D eigenvalue weighted by atomic mass is 10.0. The van der Waals surface area contributed by atoms with E-state index in [4.69, 9.17) is 10.5 Å². The topological polar surface area (TPSA) is 52.3 Å². The first kappa shape index (κ1) is 13.5. The van der Waals surface area contributed by atoms with Gasteiger partial charge in [-0.1, -0.05) is 11.8 Å². The van der Waals surface area contributed by atoms with Crippen molar-refractivity contribution in [2.45, 2.75) is 13.3 Å². The van der Waals surface area contributed by atoms with Crippen molar-refractivity contribution >= 4 is 24.3 Å². The number of nitrogens with two attached hydrogens (primary N) is 1. The molecule has 0 unspecified atom stereocenters. The molecule has 2 N–H and O–H groups in total. The summed E-state index contributed by atoms with van der Waals surface area (Å²) in [5, 5.41) is 0. The van der Waals surface area contributed by atoms with Crippen molar-refractivity contribution in [2.24, 2.45) is 0 Å². The van der Waals surface area contributed by atoms with Gasteiger partial charge in [0.1, 0.15) is 0 Å². The molecule has 0 saturated heterocycles. The number of thiol groups is 1. The Morgan fingerprint density at radius 3 is 2.82 bits per heavy atom. The Kier molecular flexibility index (Phi) is 4.92. The van der Waals surface area contributed by atoms with Crippen molar-refractivity contribution in [3.8, 4) is 11.8 Å². The molecule has 0 aliphatic rings. The second-order valence-corrected chi connectivity index (χ2v) is 3.95. The van der Waals surface area contributed by atoms with Crippen LogP contribution in [0.25, 0.3) is 0 Å². The highest BCUT2D eigenvalue weighted by Crippen LogP contribution is 2.19. The van der Waals surface area contributed by atoms with Crippen molar-refractivity contribution in [1.82, 2.24) is 0 Å². The van der Waals surface area contributed by atoms with E-state index in [0.717, 1.165) is 11.1 Å². The molecule has 0 aromatic heterocycles. The number of benzene rings is 1. The van der Waals surface area contributed by atoms with Gasteiger partial charge in [0.05, 0.1) is 12.7 Å². The van der Waals surface area contributed by atoms with Crippen LogP contribution in [0.3, 0.4) is 0 Å². The normalized spacial score (nSPS) is 9.35. The van der Waals surface area contributed by atoms with Crippen molar-refractivity contribution in [3.05, 3.63) is 28.8 Å². The molecular weight excluding hydrogens is 234 g/mol. The highest BCUT2D eigenvalue weighted by Gasteiger charge is 2.12. The number of carbonyl (C=O) groups is 1. The number of hydrogen-bond acceptors (Lipinski definition) is 4. The maximum absolute atomic E-state index is 11.5. The van der Waals surface area contributed by atoms with Crippen molar-refractivity contribution in [2.75, 3.05) is 18.6 Å². The average Bonchev–Trinajstić information content (AvgIpc) is 2.32. The van der Waals surface area contributed by atoms with Gasteiger partial charge in [-0.25, -0.2) is 4.79 Å². The molecule has 0 radical (unpaired) electrons. The van der Waals surface area contributed by atoms with Crippen LogP contribution < -0.4 is 5.73 Å². The largest absolute Gasteiger partial charge is 0.465 e. The fraction of sp³-hybridized carbons (Fsp3) is 0.308. The Balaban J connectivity index is 3.16. The van der Waals surface area contributed by atoms with Gasteiger partial charge in [0.2, 0.25) is 0 Å². The SMILES string of the molecule is COC(=O)c1cc(C#CCCS)cc(N)c1C. The third-order valence-corrected chi connectivity index (χ3v) is 2.55. The number of methoxy groups -OCH3 is 1. The lowest BCUT2D eigenvalue weighted by molar-refractivity contribution is 0.0600. The Morgan fingerprint density at radius 1 is 1.53 bits per heavy atom. The fourth-order valence-corrected chi connectivity index (χ4v) is 1.46. The van der Waals surface area contributed by atoms with E-state index in [0.29, 0.717) is 23.4 Å². The van der Waals surface area contributed by atoms with E-state index in [-0.39, 0.29) is 0 Å². The third-order valence-electron chi connectivity index (χ3n) is 2.32. The zero-order chi connectivity index (χ0) is 12.8. The zero-order valence-electron chi connectivity index (χ0n) is 9.91. The van der Waals surface area contributed by atoms with E-state index >= 15 is 0 Å². The summed E-state index contributed by atoms with van der Waals surface area (Å²) in [6.07, 6.45) is 0.699. The Morgan fingerprint density at radius 2 is 2.24 bits per heavy atom. The van der Waals surface area contributed by atoms with E-state index < -0.39 is 5.97 Å². The van der Waals surface area contributed by atoms with E-state index in [2.05, 4.69) is 24.5 Å².